The summed E-state index contributed by atoms with van der Waals surface area (Å²) in [5.74, 6) is 0.183. The summed E-state index contributed by atoms with van der Waals surface area (Å²) in [6.45, 7) is 5.57. The molecular weight excluding hydrogens is 396 g/mol. The molecule has 1 atom stereocenters. The Kier molecular flexibility index (Phi) is 7.02. The van der Waals surface area contributed by atoms with Crippen LogP contribution in [0.25, 0.3) is 0 Å². The highest BCUT2D eigenvalue weighted by molar-refractivity contribution is 7.13. The van der Waals surface area contributed by atoms with Crippen molar-refractivity contribution >= 4 is 40.4 Å². The highest BCUT2D eigenvalue weighted by Gasteiger charge is 2.30. The first-order valence-corrected chi connectivity index (χ1v) is 10.9. The number of nitrogens with zero attached hydrogens (tertiary/aromatic N) is 3. The normalized spacial score (nSPS) is 17.0. The van der Waals surface area contributed by atoms with E-state index in [0.29, 0.717) is 22.3 Å². The van der Waals surface area contributed by atoms with Gasteiger partial charge in [-0.1, -0.05) is 36.8 Å². The van der Waals surface area contributed by atoms with Crippen molar-refractivity contribution in [3.05, 3.63) is 39.3 Å². The van der Waals surface area contributed by atoms with E-state index in [1.54, 1.807) is 24.3 Å². The monoisotopic (exact) mass is 420 g/mol. The molecular formula is C20H25ClN4O2S. The van der Waals surface area contributed by atoms with Crippen molar-refractivity contribution in [1.29, 1.82) is 0 Å². The molecule has 6 nitrogen and oxygen atoms in total. The van der Waals surface area contributed by atoms with Crippen LogP contribution in [-0.4, -0.2) is 40.0 Å². The van der Waals surface area contributed by atoms with E-state index in [1.807, 2.05) is 4.90 Å². The SMILES string of the molecule is CCC(CC)C(=O)N1CCCC(c2nnc(C(=O)Nc3ccc(Cl)cc3)s2)C1. The molecule has 1 aliphatic heterocycles. The lowest BCUT2D eigenvalue weighted by Gasteiger charge is -2.33. The number of hydrogen-bond donors (Lipinski definition) is 1. The molecule has 2 aromatic rings. The Labute approximate surface area is 174 Å². The number of amides is 2. The molecule has 1 saturated heterocycles. The topological polar surface area (TPSA) is 75.2 Å². The van der Waals surface area contributed by atoms with E-state index in [9.17, 15) is 9.59 Å². The molecule has 1 N–H and O–H groups in total. The summed E-state index contributed by atoms with van der Waals surface area (Å²) in [5.41, 5.74) is 0.658. The Morgan fingerprint density at radius 1 is 1.25 bits per heavy atom. The van der Waals surface area contributed by atoms with Gasteiger partial charge in [0.2, 0.25) is 10.9 Å². The summed E-state index contributed by atoms with van der Waals surface area (Å²) < 4.78 is 0. The molecule has 3 rings (SSSR count). The van der Waals surface area contributed by atoms with Crippen molar-refractivity contribution in [2.75, 3.05) is 18.4 Å². The lowest BCUT2D eigenvalue weighted by Crippen LogP contribution is -2.42. The molecule has 8 heteroatoms. The standard InChI is InChI=1S/C20H25ClN4O2S/c1-3-13(4-2)20(27)25-11-5-6-14(12-25)18-23-24-19(28-18)17(26)22-16-9-7-15(21)8-10-16/h7-10,13-14H,3-6,11-12H2,1-2H3,(H,22,26). The largest absolute Gasteiger partial charge is 0.342 e. The van der Waals surface area contributed by atoms with Crippen molar-refractivity contribution in [1.82, 2.24) is 15.1 Å². The van der Waals surface area contributed by atoms with Gasteiger partial charge in [0.05, 0.1) is 0 Å². The predicted octanol–water partition coefficient (Wildman–Crippen LogP) is 4.59. The average molecular weight is 421 g/mol. The highest BCUT2D eigenvalue weighted by atomic mass is 35.5. The molecule has 2 amide bonds. The second-order valence-electron chi connectivity index (χ2n) is 7.04. The molecule has 2 heterocycles. The van der Waals surface area contributed by atoms with E-state index >= 15 is 0 Å². The molecule has 0 bridgehead atoms. The van der Waals surface area contributed by atoms with E-state index in [2.05, 4.69) is 29.4 Å². The zero-order valence-corrected chi connectivity index (χ0v) is 17.7. The van der Waals surface area contributed by atoms with E-state index < -0.39 is 0 Å². The number of halogens is 1. The third-order valence-electron chi connectivity index (χ3n) is 5.15. The van der Waals surface area contributed by atoms with E-state index in [4.69, 9.17) is 11.6 Å². The summed E-state index contributed by atoms with van der Waals surface area (Å²) in [5, 5.41) is 12.9. The number of benzene rings is 1. The number of rotatable bonds is 6. The molecule has 1 aromatic carbocycles. The zero-order chi connectivity index (χ0) is 20.1. The van der Waals surface area contributed by atoms with Crippen LogP contribution in [0.15, 0.2) is 24.3 Å². The Hall–Kier alpha value is -1.99. The van der Waals surface area contributed by atoms with Gasteiger partial charge in [0, 0.05) is 35.6 Å². The van der Waals surface area contributed by atoms with Crippen LogP contribution in [-0.2, 0) is 4.79 Å². The minimum Gasteiger partial charge on any atom is -0.342 e. The number of piperidine rings is 1. The van der Waals surface area contributed by atoms with Crippen LogP contribution in [0.2, 0.25) is 5.02 Å². The van der Waals surface area contributed by atoms with Crippen LogP contribution in [0.3, 0.4) is 0 Å². The average Bonchev–Trinajstić information content (AvgIpc) is 3.21. The van der Waals surface area contributed by atoms with Gasteiger partial charge in [0.15, 0.2) is 0 Å². The molecule has 1 aromatic heterocycles. The first-order valence-electron chi connectivity index (χ1n) is 9.70. The van der Waals surface area contributed by atoms with Crippen molar-refractivity contribution in [2.24, 2.45) is 5.92 Å². The van der Waals surface area contributed by atoms with Gasteiger partial charge >= 0.3 is 0 Å². The van der Waals surface area contributed by atoms with E-state index in [1.165, 1.54) is 11.3 Å². The lowest BCUT2D eigenvalue weighted by atomic mass is 9.95. The number of likely N-dealkylation sites (tertiary alicyclic amines) is 1. The first-order chi connectivity index (χ1) is 13.5. The van der Waals surface area contributed by atoms with Crippen molar-refractivity contribution in [3.8, 4) is 0 Å². The van der Waals surface area contributed by atoms with Crippen LogP contribution in [0.4, 0.5) is 5.69 Å². The fourth-order valence-corrected chi connectivity index (χ4v) is 4.47. The van der Waals surface area contributed by atoms with Gasteiger partial charge in [-0.05, 0) is 49.9 Å². The number of nitrogens with one attached hydrogen (secondary N) is 1. The molecule has 28 heavy (non-hydrogen) atoms. The maximum absolute atomic E-state index is 12.7. The fraction of sp³-hybridized carbons (Fsp3) is 0.500. The van der Waals surface area contributed by atoms with Crippen LogP contribution < -0.4 is 5.32 Å². The predicted molar refractivity (Wildman–Crippen MR) is 112 cm³/mol. The molecule has 0 radical (unpaired) electrons. The second-order valence-corrected chi connectivity index (χ2v) is 8.49. The quantitative estimate of drug-likeness (QED) is 0.741. The fourth-order valence-electron chi connectivity index (χ4n) is 3.48. The third kappa shape index (κ3) is 4.89. The number of carbonyl (C=O) groups excluding carboxylic acids is 2. The maximum atomic E-state index is 12.7. The van der Waals surface area contributed by atoms with Crippen LogP contribution in [0, 0.1) is 5.92 Å². The van der Waals surface area contributed by atoms with Gasteiger partial charge in [-0.2, -0.15) is 0 Å². The summed E-state index contributed by atoms with van der Waals surface area (Å²) in [4.78, 5) is 27.1. The van der Waals surface area contributed by atoms with Crippen molar-refractivity contribution in [3.63, 3.8) is 0 Å². The summed E-state index contributed by atoms with van der Waals surface area (Å²) >= 11 is 7.17. The minimum atomic E-state index is -0.285. The van der Waals surface area contributed by atoms with Crippen LogP contribution >= 0.6 is 22.9 Å². The van der Waals surface area contributed by atoms with Gasteiger partial charge in [-0.25, -0.2) is 0 Å². The molecule has 150 valence electrons. The number of aromatic nitrogens is 2. The van der Waals surface area contributed by atoms with Gasteiger partial charge in [0.25, 0.3) is 5.91 Å². The van der Waals surface area contributed by atoms with Gasteiger partial charge in [-0.3, -0.25) is 9.59 Å². The Morgan fingerprint density at radius 3 is 2.64 bits per heavy atom. The number of anilines is 1. The molecule has 1 aliphatic rings. The summed E-state index contributed by atoms with van der Waals surface area (Å²) in [6, 6.07) is 6.92. The third-order valence-corrected chi connectivity index (χ3v) is 6.49. The van der Waals surface area contributed by atoms with E-state index in [0.717, 1.165) is 37.2 Å². The van der Waals surface area contributed by atoms with Crippen molar-refractivity contribution < 1.29 is 9.59 Å². The second kappa shape index (κ2) is 9.47. The number of carbonyl (C=O) groups is 2. The first kappa shape index (κ1) is 20.7. The van der Waals surface area contributed by atoms with Gasteiger partial charge < -0.3 is 10.2 Å². The molecule has 0 aliphatic carbocycles. The Morgan fingerprint density at radius 2 is 1.96 bits per heavy atom. The Bertz CT molecular complexity index is 820. The number of hydrogen-bond acceptors (Lipinski definition) is 5. The lowest BCUT2D eigenvalue weighted by molar-refractivity contribution is -0.137. The van der Waals surface area contributed by atoms with Gasteiger partial charge in [0.1, 0.15) is 5.01 Å². The van der Waals surface area contributed by atoms with Crippen LogP contribution in [0.1, 0.15) is 60.3 Å². The Balaban J connectivity index is 1.64. The molecule has 0 saturated carbocycles. The molecule has 1 fully saturated rings. The summed E-state index contributed by atoms with van der Waals surface area (Å²) in [7, 11) is 0. The van der Waals surface area contributed by atoms with E-state index in [-0.39, 0.29) is 23.7 Å². The molecule has 1 unspecified atom stereocenters. The van der Waals surface area contributed by atoms with Crippen LogP contribution in [0.5, 0.6) is 0 Å². The zero-order valence-electron chi connectivity index (χ0n) is 16.2. The maximum Gasteiger partial charge on any atom is 0.286 e. The highest BCUT2D eigenvalue weighted by Crippen LogP contribution is 2.30. The van der Waals surface area contributed by atoms with Crippen molar-refractivity contribution in [2.45, 2.75) is 45.4 Å². The minimum absolute atomic E-state index is 0.0916. The smallest absolute Gasteiger partial charge is 0.286 e. The van der Waals surface area contributed by atoms with Gasteiger partial charge in [-0.15, -0.1) is 10.2 Å². The summed E-state index contributed by atoms with van der Waals surface area (Å²) in [6.07, 6.45) is 3.64. The molecule has 0 spiro atoms.